The molecule has 20 heavy (non-hydrogen) atoms. The van der Waals surface area contributed by atoms with Crippen molar-refractivity contribution in [3.8, 4) is 0 Å². The number of oxazole rings is 1. The van der Waals surface area contributed by atoms with Crippen LogP contribution in [0.3, 0.4) is 0 Å². The molecule has 1 aromatic carbocycles. The van der Waals surface area contributed by atoms with Gasteiger partial charge >= 0.3 is 5.76 Å². The lowest BCUT2D eigenvalue weighted by atomic mass is 10.0. The maximum Gasteiger partial charge on any atom is 0.419 e. The Bertz CT molecular complexity index is 651. The van der Waals surface area contributed by atoms with Gasteiger partial charge in [0.1, 0.15) is 0 Å². The van der Waals surface area contributed by atoms with E-state index in [-0.39, 0.29) is 5.78 Å². The zero-order valence-corrected chi connectivity index (χ0v) is 12.1. The highest BCUT2D eigenvalue weighted by Crippen LogP contribution is 2.16. The fourth-order valence-electron chi connectivity index (χ4n) is 2.34. The molecule has 4 nitrogen and oxygen atoms in total. The molecule has 4 heteroatoms. The van der Waals surface area contributed by atoms with Gasteiger partial charge in [-0.25, -0.2) is 4.79 Å². The van der Waals surface area contributed by atoms with Gasteiger partial charge in [0.15, 0.2) is 11.4 Å². The molecular formula is C16H21NO3. The normalized spacial score (nSPS) is 11.1. The maximum atomic E-state index is 12.1. The molecule has 0 spiro atoms. The summed E-state index contributed by atoms with van der Waals surface area (Å²) in [5.74, 6) is -0.279. The first-order valence-electron chi connectivity index (χ1n) is 7.26. The van der Waals surface area contributed by atoms with Crippen LogP contribution < -0.4 is 5.76 Å². The number of nitrogens with zero attached hydrogens (tertiary/aromatic N) is 1. The van der Waals surface area contributed by atoms with Crippen molar-refractivity contribution in [1.29, 1.82) is 0 Å². The molecule has 0 saturated heterocycles. The summed E-state index contributed by atoms with van der Waals surface area (Å²) in [6, 6.07) is 5.21. The van der Waals surface area contributed by atoms with Gasteiger partial charge in [0.2, 0.25) is 0 Å². The molecule has 0 amide bonds. The third-order valence-electron chi connectivity index (χ3n) is 3.62. The van der Waals surface area contributed by atoms with E-state index in [1.165, 1.54) is 23.8 Å². The van der Waals surface area contributed by atoms with Gasteiger partial charge in [-0.15, -0.1) is 0 Å². The summed E-state index contributed by atoms with van der Waals surface area (Å²) in [6.45, 7) is 2.17. The van der Waals surface area contributed by atoms with Crippen molar-refractivity contribution in [1.82, 2.24) is 4.57 Å². The lowest BCUT2D eigenvalue weighted by molar-refractivity contribution is 0.0979. The molecule has 0 saturated carbocycles. The number of ketones is 1. The molecule has 0 aliphatic carbocycles. The Morgan fingerprint density at radius 3 is 2.70 bits per heavy atom. The van der Waals surface area contributed by atoms with E-state index in [0.717, 1.165) is 18.4 Å². The Labute approximate surface area is 118 Å². The summed E-state index contributed by atoms with van der Waals surface area (Å²) in [4.78, 5) is 23.5. The van der Waals surface area contributed by atoms with E-state index in [9.17, 15) is 9.59 Å². The standard InChI is InChI=1S/C16H21NO3/c1-3-4-5-6-7-8-14(18)12-9-10-13-15(11-12)20-16(19)17(13)2/h9-11H,3-8H2,1-2H3. The monoisotopic (exact) mass is 275 g/mol. The van der Waals surface area contributed by atoms with Crippen molar-refractivity contribution in [2.45, 2.75) is 45.4 Å². The van der Waals surface area contributed by atoms with Gasteiger partial charge in [-0.1, -0.05) is 32.6 Å². The molecule has 0 fully saturated rings. The number of unbranched alkanes of at least 4 members (excludes halogenated alkanes) is 4. The fourth-order valence-corrected chi connectivity index (χ4v) is 2.34. The predicted octanol–water partition coefficient (Wildman–Crippen LogP) is 3.67. The lowest BCUT2D eigenvalue weighted by Gasteiger charge is -2.01. The van der Waals surface area contributed by atoms with Gasteiger partial charge in [0, 0.05) is 19.0 Å². The van der Waals surface area contributed by atoms with Crippen molar-refractivity contribution in [3.63, 3.8) is 0 Å². The summed E-state index contributed by atoms with van der Waals surface area (Å²) in [7, 11) is 1.66. The van der Waals surface area contributed by atoms with Crippen LogP contribution in [0.25, 0.3) is 11.1 Å². The first-order chi connectivity index (χ1) is 9.63. The van der Waals surface area contributed by atoms with Crippen LogP contribution in [0.15, 0.2) is 27.4 Å². The Balaban J connectivity index is 2.01. The Morgan fingerprint density at radius 2 is 1.95 bits per heavy atom. The van der Waals surface area contributed by atoms with Gasteiger partial charge in [0.25, 0.3) is 0 Å². The summed E-state index contributed by atoms with van der Waals surface area (Å²) >= 11 is 0. The minimum atomic E-state index is -0.399. The van der Waals surface area contributed by atoms with E-state index >= 15 is 0 Å². The molecule has 0 atom stereocenters. The summed E-state index contributed by atoms with van der Waals surface area (Å²) in [5.41, 5.74) is 1.83. The molecule has 108 valence electrons. The smallest absolute Gasteiger partial charge is 0.408 e. The molecule has 0 aliphatic heterocycles. The van der Waals surface area contributed by atoms with Gasteiger partial charge in [-0.05, 0) is 24.6 Å². The first-order valence-corrected chi connectivity index (χ1v) is 7.26. The number of carbonyl (C=O) groups is 1. The van der Waals surface area contributed by atoms with Crippen molar-refractivity contribution in [3.05, 3.63) is 34.3 Å². The minimum absolute atomic E-state index is 0.120. The number of fused-ring (bicyclic) bond motifs is 1. The number of aromatic nitrogens is 1. The Morgan fingerprint density at radius 1 is 1.20 bits per heavy atom. The average molecular weight is 275 g/mol. The van der Waals surface area contributed by atoms with Gasteiger partial charge in [0.05, 0.1) is 5.52 Å². The number of Topliss-reactive ketones (excluding diaryl/α,β-unsaturated/α-hetero) is 1. The van der Waals surface area contributed by atoms with Crippen LogP contribution in [0.4, 0.5) is 0 Å². The highest BCUT2D eigenvalue weighted by atomic mass is 16.4. The molecule has 0 bridgehead atoms. The van der Waals surface area contributed by atoms with Crippen molar-refractivity contribution in [2.75, 3.05) is 0 Å². The molecule has 0 aliphatic rings. The second kappa shape index (κ2) is 6.55. The van der Waals surface area contributed by atoms with Crippen LogP contribution in [0.2, 0.25) is 0 Å². The largest absolute Gasteiger partial charge is 0.419 e. The highest BCUT2D eigenvalue weighted by molar-refractivity contribution is 5.98. The minimum Gasteiger partial charge on any atom is -0.408 e. The molecule has 2 aromatic rings. The number of carbonyl (C=O) groups excluding carboxylic acids is 1. The number of hydrogen-bond acceptors (Lipinski definition) is 3. The van der Waals surface area contributed by atoms with E-state index in [1.54, 1.807) is 25.2 Å². The van der Waals surface area contributed by atoms with Crippen molar-refractivity contribution < 1.29 is 9.21 Å². The van der Waals surface area contributed by atoms with Gasteiger partial charge in [-0.2, -0.15) is 0 Å². The lowest BCUT2D eigenvalue weighted by Crippen LogP contribution is -2.08. The molecule has 0 unspecified atom stereocenters. The molecule has 2 rings (SSSR count). The maximum absolute atomic E-state index is 12.1. The number of benzene rings is 1. The van der Waals surface area contributed by atoms with Crippen LogP contribution in [0.1, 0.15) is 55.8 Å². The summed E-state index contributed by atoms with van der Waals surface area (Å²) in [5, 5.41) is 0. The SMILES string of the molecule is CCCCCCCC(=O)c1ccc2c(c1)oc(=O)n2C. The molecular weight excluding hydrogens is 254 g/mol. The Kier molecular flexibility index (Phi) is 4.77. The average Bonchev–Trinajstić information content (AvgIpc) is 2.73. The van der Waals surface area contributed by atoms with E-state index in [4.69, 9.17) is 4.42 Å². The van der Waals surface area contributed by atoms with Gasteiger partial charge < -0.3 is 4.42 Å². The van der Waals surface area contributed by atoms with Crippen LogP contribution in [-0.2, 0) is 7.05 Å². The van der Waals surface area contributed by atoms with E-state index in [1.807, 2.05) is 0 Å². The van der Waals surface area contributed by atoms with Crippen LogP contribution in [0.5, 0.6) is 0 Å². The van der Waals surface area contributed by atoms with Crippen LogP contribution >= 0.6 is 0 Å². The second-order valence-electron chi connectivity index (χ2n) is 5.20. The Hall–Kier alpha value is -1.84. The third-order valence-corrected chi connectivity index (χ3v) is 3.62. The molecule has 0 N–H and O–H groups in total. The fraction of sp³-hybridized carbons (Fsp3) is 0.500. The summed E-state index contributed by atoms with van der Waals surface area (Å²) < 4.78 is 6.54. The quantitative estimate of drug-likeness (QED) is 0.572. The summed E-state index contributed by atoms with van der Waals surface area (Å²) in [6.07, 6.45) is 6.22. The second-order valence-corrected chi connectivity index (χ2v) is 5.20. The molecule has 0 radical (unpaired) electrons. The van der Waals surface area contributed by atoms with Crippen molar-refractivity contribution in [2.24, 2.45) is 7.05 Å². The number of hydrogen-bond donors (Lipinski definition) is 0. The van der Waals surface area contributed by atoms with Crippen LogP contribution in [0, 0.1) is 0 Å². The predicted molar refractivity (Wildman–Crippen MR) is 79.2 cm³/mol. The zero-order valence-electron chi connectivity index (χ0n) is 12.1. The third kappa shape index (κ3) is 3.18. The first kappa shape index (κ1) is 14.6. The van der Waals surface area contributed by atoms with Crippen LogP contribution in [-0.4, -0.2) is 10.4 Å². The topological polar surface area (TPSA) is 52.2 Å². The van der Waals surface area contributed by atoms with E-state index in [0.29, 0.717) is 17.6 Å². The molecule has 1 heterocycles. The van der Waals surface area contributed by atoms with Crippen molar-refractivity contribution >= 4 is 16.9 Å². The number of aryl methyl sites for hydroxylation is 1. The van der Waals surface area contributed by atoms with E-state index < -0.39 is 5.76 Å². The van der Waals surface area contributed by atoms with Gasteiger partial charge in [-0.3, -0.25) is 9.36 Å². The number of rotatable bonds is 7. The molecule has 1 aromatic heterocycles. The highest BCUT2D eigenvalue weighted by Gasteiger charge is 2.10. The zero-order chi connectivity index (χ0) is 14.5. The van der Waals surface area contributed by atoms with E-state index in [2.05, 4.69) is 6.92 Å².